The molecule has 0 aliphatic carbocycles. The van der Waals surface area contributed by atoms with Crippen LogP contribution < -0.4 is 0 Å². The zero-order chi connectivity index (χ0) is 14.5. The molecule has 20 heavy (non-hydrogen) atoms. The maximum absolute atomic E-state index is 10.2. The number of ether oxygens (including phenoxy) is 1. The number of carbonyl (C=O) groups is 1. The predicted octanol–water partition coefficient (Wildman–Crippen LogP) is 4.91. The quantitative estimate of drug-likeness (QED) is 0.400. The lowest BCUT2D eigenvalue weighted by Crippen LogP contribution is -2.07. The second-order valence-electron chi connectivity index (χ2n) is 5.47. The van der Waals surface area contributed by atoms with Crippen molar-refractivity contribution in [3.8, 4) is 0 Å². The van der Waals surface area contributed by atoms with E-state index in [4.69, 9.17) is 4.74 Å². The Morgan fingerprint density at radius 1 is 1.00 bits per heavy atom. The molecular formula is C18H28O2. The molecule has 1 atom stereocenters. The van der Waals surface area contributed by atoms with E-state index in [0.29, 0.717) is 12.7 Å². The largest absolute Gasteiger partial charge is 0.374 e. The van der Waals surface area contributed by atoms with Crippen LogP contribution in [0.25, 0.3) is 0 Å². The highest BCUT2D eigenvalue weighted by atomic mass is 16.5. The van der Waals surface area contributed by atoms with E-state index in [1.807, 2.05) is 18.2 Å². The molecule has 0 N–H and O–H groups in total. The zero-order valence-corrected chi connectivity index (χ0v) is 12.7. The van der Waals surface area contributed by atoms with Gasteiger partial charge in [0.2, 0.25) is 0 Å². The molecule has 1 aromatic rings. The summed E-state index contributed by atoms with van der Waals surface area (Å²) in [5.74, 6) is 0. The number of hydrogen-bond acceptors (Lipinski definition) is 2. The molecule has 0 aromatic heterocycles. The van der Waals surface area contributed by atoms with Crippen molar-refractivity contribution in [2.45, 2.75) is 71.0 Å². The van der Waals surface area contributed by atoms with Crippen molar-refractivity contribution < 1.29 is 9.53 Å². The van der Waals surface area contributed by atoms with Gasteiger partial charge in [-0.05, 0) is 25.3 Å². The normalized spacial score (nSPS) is 12.2. The van der Waals surface area contributed by atoms with Gasteiger partial charge in [-0.1, -0.05) is 62.4 Å². The van der Waals surface area contributed by atoms with E-state index < -0.39 is 0 Å². The van der Waals surface area contributed by atoms with E-state index in [9.17, 15) is 4.79 Å². The van der Waals surface area contributed by atoms with Gasteiger partial charge in [0, 0.05) is 6.42 Å². The molecule has 0 heterocycles. The van der Waals surface area contributed by atoms with Crippen LogP contribution in [-0.2, 0) is 16.1 Å². The van der Waals surface area contributed by atoms with E-state index in [1.54, 1.807) is 0 Å². The van der Waals surface area contributed by atoms with Crippen molar-refractivity contribution in [1.29, 1.82) is 0 Å². The Labute approximate surface area is 123 Å². The summed E-state index contributed by atoms with van der Waals surface area (Å²) in [6.07, 6.45) is 10.5. The van der Waals surface area contributed by atoms with Crippen LogP contribution in [0.15, 0.2) is 30.3 Å². The Kier molecular flexibility index (Phi) is 9.85. The third kappa shape index (κ3) is 8.87. The first-order valence-corrected chi connectivity index (χ1v) is 7.92. The second-order valence-corrected chi connectivity index (χ2v) is 5.47. The van der Waals surface area contributed by atoms with Crippen LogP contribution in [0.2, 0.25) is 0 Å². The molecule has 0 fully saturated rings. The maximum Gasteiger partial charge on any atom is 0.119 e. The van der Waals surface area contributed by atoms with Crippen LogP contribution in [-0.4, -0.2) is 12.4 Å². The molecule has 0 unspecified atom stereocenters. The van der Waals surface area contributed by atoms with Crippen molar-refractivity contribution >= 4 is 6.29 Å². The minimum absolute atomic E-state index is 0.338. The van der Waals surface area contributed by atoms with E-state index >= 15 is 0 Å². The van der Waals surface area contributed by atoms with Gasteiger partial charge < -0.3 is 9.53 Å². The summed E-state index contributed by atoms with van der Waals surface area (Å²) in [5, 5.41) is 0. The van der Waals surface area contributed by atoms with Gasteiger partial charge in [0.15, 0.2) is 0 Å². The highest BCUT2D eigenvalue weighted by Gasteiger charge is 2.02. The first-order chi connectivity index (χ1) is 9.83. The zero-order valence-electron chi connectivity index (χ0n) is 12.7. The average molecular weight is 276 g/mol. The van der Waals surface area contributed by atoms with Gasteiger partial charge in [-0.15, -0.1) is 0 Å². The monoisotopic (exact) mass is 276 g/mol. The Hall–Kier alpha value is -1.15. The lowest BCUT2D eigenvalue weighted by atomic mass is 10.1. The van der Waals surface area contributed by atoms with E-state index in [0.717, 1.165) is 25.5 Å². The number of benzene rings is 1. The highest BCUT2D eigenvalue weighted by molar-refractivity contribution is 5.48. The summed E-state index contributed by atoms with van der Waals surface area (Å²) in [7, 11) is 0. The van der Waals surface area contributed by atoms with Gasteiger partial charge in [-0.3, -0.25) is 0 Å². The summed E-state index contributed by atoms with van der Waals surface area (Å²) in [6.45, 7) is 2.88. The molecular weight excluding hydrogens is 248 g/mol. The molecule has 0 saturated carbocycles. The van der Waals surface area contributed by atoms with Crippen LogP contribution in [0.4, 0.5) is 0 Å². The fraction of sp³-hybridized carbons (Fsp3) is 0.611. The van der Waals surface area contributed by atoms with Crippen molar-refractivity contribution in [3.05, 3.63) is 35.9 Å². The molecule has 0 spiro atoms. The van der Waals surface area contributed by atoms with E-state index in [1.165, 1.54) is 37.7 Å². The van der Waals surface area contributed by atoms with E-state index in [-0.39, 0.29) is 0 Å². The second kappa shape index (κ2) is 11.7. The number of hydrogen-bond donors (Lipinski definition) is 0. The first-order valence-electron chi connectivity index (χ1n) is 7.92. The van der Waals surface area contributed by atoms with Gasteiger partial charge in [0.25, 0.3) is 0 Å². The van der Waals surface area contributed by atoms with Gasteiger partial charge in [0.05, 0.1) is 12.7 Å². The van der Waals surface area contributed by atoms with Gasteiger partial charge in [-0.2, -0.15) is 0 Å². The SMILES string of the molecule is C[C@H](CCCCCCCCC=O)OCc1ccccc1. The molecule has 0 saturated heterocycles. The molecule has 0 aliphatic heterocycles. The van der Waals surface area contributed by atoms with Crippen LogP contribution in [0.1, 0.15) is 63.9 Å². The maximum atomic E-state index is 10.2. The van der Waals surface area contributed by atoms with Crippen LogP contribution in [0, 0.1) is 0 Å². The molecule has 2 heteroatoms. The summed E-state index contributed by atoms with van der Waals surface area (Å²) >= 11 is 0. The van der Waals surface area contributed by atoms with Gasteiger partial charge >= 0.3 is 0 Å². The van der Waals surface area contributed by atoms with Gasteiger partial charge in [0.1, 0.15) is 6.29 Å². The molecule has 0 bridgehead atoms. The summed E-state index contributed by atoms with van der Waals surface area (Å²) in [5.41, 5.74) is 1.24. The molecule has 1 rings (SSSR count). The third-order valence-corrected chi connectivity index (χ3v) is 3.56. The molecule has 1 aromatic carbocycles. The lowest BCUT2D eigenvalue weighted by molar-refractivity contribution is -0.107. The number of unbranched alkanes of at least 4 members (excludes halogenated alkanes) is 6. The Balaban J connectivity index is 1.92. The number of rotatable bonds is 12. The van der Waals surface area contributed by atoms with Crippen LogP contribution >= 0.6 is 0 Å². The third-order valence-electron chi connectivity index (χ3n) is 3.56. The Morgan fingerprint density at radius 2 is 1.65 bits per heavy atom. The minimum Gasteiger partial charge on any atom is -0.374 e. The van der Waals surface area contributed by atoms with Crippen molar-refractivity contribution in [2.75, 3.05) is 0 Å². The minimum atomic E-state index is 0.338. The molecule has 0 radical (unpaired) electrons. The Bertz CT molecular complexity index is 335. The summed E-state index contributed by atoms with van der Waals surface area (Å²) in [6, 6.07) is 10.3. The first kappa shape index (κ1) is 16.9. The summed E-state index contributed by atoms with van der Waals surface area (Å²) < 4.78 is 5.85. The fourth-order valence-corrected chi connectivity index (χ4v) is 2.26. The summed E-state index contributed by atoms with van der Waals surface area (Å²) in [4.78, 5) is 10.2. The van der Waals surface area contributed by atoms with Gasteiger partial charge in [-0.25, -0.2) is 0 Å². The van der Waals surface area contributed by atoms with Crippen molar-refractivity contribution in [1.82, 2.24) is 0 Å². The Morgan fingerprint density at radius 3 is 2.35 bits per heavy atom. The molecule has 112 valence electrons. The lowest BCUT2D eigenvalue weighted by Gasteiger charge is -2.13. The molecule has 2 nitrogen and oxygen atoms in total. The number of carbonyl (C=O) groups excluding carboxylic acids is 1. The number of aldehydes is 1. The molecule has 0 aliphatic rings. The fourth-order valence-electron chi connectivity index (χ4n) is 2.26. The van der Waals surface area contributed by atoms with Crippen molar-refractivity contribution in [3.63, 3.8) is 0 Å². The van der Waals surface area contributed by atoms with Crippen molar-refractivity contribution in [2.24, 2.45) is 0 Å². The van der Waals surface area contributed by atoms with Crippen LogP contribution in [0.5, 0.6) is 0 Å². The molecule has 0 amide bonds. The van der Waals surface area contributed by atoms with E-state index in [2.05, 4.69) is 19.1 Å². The standard InChI is InChI=1S/C18H28O2/c1-17(20-16-18-13-9-7-10-14-18)12-8-5-3-2-4-6-11-15-19/h7,9-10,13-15,17H,2-6,8,11-12,16H2,1H3/t17-/m1/s1. The predicted molar refractivity (Wildman–Crippen MR) is 83.7 cm³/mol. The van der Waals surface area contributed by atoms with Crippen LogP contribution in [0.3, 0.4) is 0 Å². The average Bonchev–Trinajstić information content (AvgIpc) is 2.49. The highest BCUT2D eigenvalue weighted by Crippen LogP contribution is 2.12. The topological polar surface area (TPSA) is 26.3 Å². The smallest absolute Gasteiger partial charge is 0.119 e.